The van der Waals surface area contributed by atoms with Gasteiger partial charge in [-0.3, -0.25) is 14.7 Å². The van der Waals surface area contributed by atoms with Crippen LogP contribution in [0.3, 0.4) is 0 Å². The summed E-state index contributed by atoms with van der Waals surface area (Å²) in [6, 6.07) is 9.47. The number of hydrogen-bond donors (Lipinski definition) is 0. The molecule has 3 heterocycles. The standard InChI is InChI=1S/C19H21N3O3/c23-19(16-3-4-17-18(12-16)25-11-10-24-17)22-8-6-21(7-9-22)14-15-2-1-5-20-13-15/h1-5,12-13H,6-11,14H2. The number of piperazine rings is 1. The first-order valence-corrected chi connectivity index (χ1v) is 8.60. The minimum absolute atomic E-state index is 0.0537. The molecule has 0 atom stereocenters. The van der Waals surface area contributed by atoms with Gasteiger partial charge in [0.05, 0.1) is 0 Å². The maximum absolute atomic E-state index is 12.8. The molecule has 6 nitrogen and oxygen atoms in total. The first kappa shape index (κ1) is 15.9. The van der Waals surface area contributed by atoms with Crippen LogP contribution in [0.5, 0.6) is 11.5 Å². The predicted molar refractivity (Wildman–Crippen MR) is 92.8 cm³/mol. The number of fused-ring (bicyclic) bond motifs is 1. The number of rotatable bonds is 3. The van der Waals surface area contributed by atoms with Gasteiger partial charge in [-0.1, -0.05) is 6.07 Å². The van der Waals surface area contributed by atoms with E-state index in [0.717, 1.165) is 32.7 Å². The Morgan fingerprint density at radius 3 is 2.60 bits per heavy atom. The minimum Gasteiger partial charge on any atom is -0.486 e. The number of carbonyl (C=O) groups excluding carboxylic acids is 1. The molecule has 130 valence electrons. The molecule has 0 aliphatic carbocycles. The van der Waals surface area contributed by atoms with Gasteiger partial charge in [0, 0.05) is 50.7 Å². The van der Waals surface area contributed by atoms with Crippen molar-refractivity contribution in [2.24, 2.45) is 0 Å². The Bertz CT molecular complexity index is 743. The van der Waals surface area contributed by atoms with Gasteiger partial charge in [0.25, 0.3) is 5.91 Å². The number of hydrogen-bond acceptors (Lipinski definition) is 5. The van der Waals surface area contributed by atoms with Gasteiger partial charge in [0.2, 0.25) is 0 Å². The smallest absolute Gasteiger partial charge is 0.254 e. The van der Waals surface area contributed by atoms with E-state index in [9.17, 15) is 4.79 Å². The third-order valence-electron chi connectivity index (χ3n) is 4.58. The van der Waals surface area contributed by atoms with Gasteiger partial charge in [0.15, 0.2) is 11.5 Å². The van der Waals surface area contributed by atoms with Crippen LogP contribution < -0.4 is 9.47 Å². The summed E-state index contributed by atoms with van der Waals surface area (Å²) in [6.45, 7) is 5.15. The van der Waals surface area contributed by atoms with E-state index in [1.165, 1.54) is 5.56 Å². The van der Waals surface area contributed by atoms with Crippen molar-refractivity contribution in [1.82, 2.24) is 14.8 Å². The van der Waals surface area contributed by atoms with Crippen molar-refractivity contribution in [2.45, 2.75) is 6.54 Å². The van der Waals surface area contributed by atoms with Crippen LogP contribution in [0.2, 0.25) is 0 Å². The number of pyridine rings is 1. The van der Waals surface area contributed by atoms with Crippen molar-refractivity contribution >= 4 is 5.91 Å². The summed E-state index contributed by atoms with van der Waals surface area (Å²) in [5, 5.41) is 0. The van der Waals surface area contributed by atoms with Crippen LogP contribution in [-0.4, -0.2) is 60.1 Å². The summed E-state index contributed by atoms with van der Waals surface area (Å²) in [6.07, 6.45) is 3.68. The van der Waals surface area contributed by atoms with E-state index in [4.69, 9.17) is 9.47 Å². The molecule has 0 bridgehead atoms. The number of carbonyl (C=O) groups is 1. The van der Waals surface area contributed by atoms with Crippen molar-refractivity contribution in [1.29, 1.82) is 0 Å². The highest BCUT2D eigenvalue weighted by atomic mass is 16.6. The van der Waals surface area contributed by atoms with Gasteiger partial charge in [0.1, 0.15) is 13.2 Å². The Morgan fingerprint density at radius 1 is 1.04 bits per heavy atom. The summed E-state index contributed by atoms with van der Waals surface area (Å²) in [4.78, 5) is 21.2. The highest BCUT2D eigenvalue weighted by Gasteiger charge is 2.23. The summed E-state index contributed by atoms with van der Waals surface area (Å²) in [5.41, 5.74) is 1.86. The second kappa shape index (κ2) is 7.11. The Balaban J connectivity index is 1.36. The number of aromatic nitrogens is 1. The van der Waals surface area contributed by atoms with Gasteiger partial charge in [-0.05, 0) is 29.8 Å². The normalized spacial score (nSPS) is 17.4. The molecule has 1 saturated heterocycles. The van der Waals surface area contributed by atoms with E-state index < -0.39 is 0 Å². The zero-order valence-corrected chi connectivity index (χ0v) is 14.1. The fourth-order valence-corrected chi connectivity index (χ4v) is 3.22. The Hall–Kier alpha value is -2.60. The molecule has 0 unspecified atom stereocenters. The van der Waals surface area contributed by atoms with Crippen LogP contribution >= 0.6 is 0 Å². The molecule has 6 heteroatoms. The van der Waals surface area contributed by atoms with E-state index in [1.807, 2.05) is 29.3 Å². The van der Waals surface area contributed by atoms with Crippen molar-refractivity contribution in [3.63, 3.8) is 0 Å². The van der Waals surface area contributed by atoms with Gasteiger partial charge in [-0.25, -0.2) is 0 Å². The van der Waals surface area contributed by atoms with E-state index in [2.05, 4.69) is 16.0 Å². The lowest BCUT2D eigenvalue weighted by molar-refractivity contribution is 0.0627. The molecule has 0 saturated carbocycles. The van der Waals surface area contributed by atoms with Crippen LogP contribution in [0.4, 0.5) is 0 Å². The Kier molecular flexibility index (Phi) is 4.52. The average molecular weight is 339 g/mol. The molecule has 2 aliphatic heterocycles. The molecule has 1 amide bonds. The zero-order chi connectivity index (χ0) is 17.1. The number of nitrogens with zero attached hydrogens (tertiary/aromatic N) is 3. The summed E-state index contributed by atoms with van der Waals surface area (Å²) >= 11 is 0. The molecular formula is C19H21N3O3. The predicted octanol–water partition coefficient (Wildman–Crippen LogP) is 1.81. The zero-order valence-electron chi connectivity index (χ0n) is 14.1. The molecule has 2 aromatic rings. The quantitative estimate of drug-likeness (QED) is 0.854. The topological polar surface area (TPSA) is 54.9 Å². The monoisotopic (exact) mass is 339 g/mol. The largest absolute Gasteiger partial charge is 0.486 e. The van der Waals surface area contributed by atoms with Crippen molar-refractivity contribution in [2.75, 3.05) is 39.4 Å². The molecule has 25 heavy (non-hydrogen) atoms. The Morgan fingerprint density at radius 2 is 1.84 bits per heavy atom. The molecule has 0 N–H and O–H groups in total. The van der Waals surface area contributed by atoms with Crippen molar-refractivity contribution in [3.05, 3.63) is 53.9 Å². The number of benzene rings is 1. The van der Waals surface area contributed by atoms with Crippen LogP contribution in [0.1, 0.15) is 15.9 Å². The maximum atomic E-state index is 12.8. The van der Waals surface area contributed by atoms with Crippen molar-refractivity contribution < 1.29 is 14.3 Å². The fraction of sp³-hybridized carbons (Fsp3) is 0.368. The fourth-order valence-electron chi connectivity index (χ4n) is 3.22. The van der Waals surface area contributed by atoms with Crippen LogP contribution in [0.25, 0.3) is 0 Å². The molecule has 1 fully saturated rings. The van der Waals surface area contributed by atoms with E-state index >= 15 is 0 Å². The van der Waals surface area contributed by atoms with Gasteiger partial charge in [-0.15, -0.1) is 0 Å². The summed E-state index contributed by atoms with van der Waals surface area (Å²) in [7, 11) is 0. The van der Waals surface area contributed by atoms with Gasteiger partial charge < -0.3 is 14.4 Å². The third kappa shape index (κ3) is 3.58. The van der Waals surface area contributed by atoms with Gasteiger partial charge in [-0.2, -0.15) is 0 Å². The van der Waals surface area contributed by atoms with E-state index in [-0.39, 0.29) is 5.91 Å². The molecule has 4 rings (SSSR count). The first-order chi connectivity index (χ1) is 12.3. The number of amides is 1. The van der Waals surface area contributed by atoms with E-state index in [1.54, 1.807) is 12.3 Å². The van der Waals surface area contributed by atoms with Crippen molar-refractivity contribution in [3.8, 4) is 11.5 Å². The molecule has 1 aromatic carbocycles. The summed E-state index contributed by atoms with van der Waals surface area (Å²) < 4.78 is 11.1. The molecule has 0 spiro atoms. The van der Waals surface area contributed by atoms with E-state index in [0.29, 0.717) is 30.3 Å². The molecule has 2 aliphatic rings. The second-order valence-electron chi connectivity index (χ2n) is 6.29. The molecule has 0 radical (unpaired) electrons. The molecule has 1 aromatic heterocycles. The second-order valence-corrected chi connectivity index (χ2v) is 6.29. The average Bonchev–Trinajstić information content (AvgIpc) is 2.68. The molecular weight excluding hydrogens is 318 g/mol. The Labute approximate surface area is 147 Å². The summed E-state index contributed by atoms with van der Waals surface area (Å²) in [5.74, 6) is 1.43. The van der Waals surface area contributed by atoms with Crippen LogP contribution in [0.15, 0.2) is 42.7 Å². The number of ether oxygens (including phenoxy) is 2. The first-order valence-electron chi connectivity index (χ1n) is 8.60. The SMILES string of the molecule is O=C(c1ccc2c(c1)OCCO2)N1CCN(Cc2cccnc2)CC1. The third-order valence-corrected chi connectivity index (χ3v) is 4.58. The highest BCUT2D eigenvalue weighted by Crippen LogP contribution is 2.31. The van der Waals surface area contributed by atoms with Gasteiger partial charge >= 0.3 is 0 Å². The van der Waals surface area contributed by atoms with Crippen LogP contribution in [0, 0.1) is 0 Å². The lowest BCUT2D eigenvalue weighted by atomic mass is 10.1. The highest BCUT2D eigenvalue weighted by molar-refractivity contribution is 5.95. The maximum Gasteiger partial charge on any atom is 0.254 e. The lowest BCUT2D eigenvalue weighted by Gasteiger charge is -2.34. The van der Waals surface area contributed by atoms with Crippen LogP contribution in [-0.2, 0) is 6.54 Å². The lowest BCUT2D eigenvalue weighted by Crippen LogP contribution is -2.48. The minimum atomic E-state index is 0.0537.